The summed E-state index contributed by atoms with van der Waals surface area (Å²) >= 11 is 5.85. The molecule has 0 bridgehead atoms. The Hall–Kier alpha value is -2.09. The second-order valence-electron chi connectivity index (χ2n) is 5.94. The monoisotopic (exact) mass is 422 g/mol. The first-order valence-corrected chi connectivity index (χ1v) is 9.42. The third-order valence-corrected chi connectivity index (χ3v) is 6.08. The van der Waals surface area contributed by atoms with E-state index in [1.165, 1.54) is 18.2 Å². The molecule has 11 heteroatoms. The number of halogens is 5. The van der Waals surface area contributed by atoms with E-state index in [9.17, 15) is 31.1 Å². The second kappa shape index (κ2) is 6.51. The van der Waals surface area contributed by atoms with Gasteiger partial charge in [-0.15, -0.1) is 0 Å². The van der Waals surface area contributed by atoms with E-state index in [1.807, 2.05) is 0 Å². The lowest BCUT2D eigenvalue weighted by atomic mass is 9.91. The summed E-state index contributed by atoms with van der Waals surface area (Å²) in [6.45, 7) is 7.07. The molecule has 0 radical (unpaired) electrons. The summed E-state index contributed by atoms with van der Waals surface area (Å²) in [4.78, 5) is 2.13. The largest absolute Gasteiger partial charge is 0.382 e. The van der Waals surface area contributed by atoms with Gasteiger partial charge in [-0.2, -0.15) is 8.78 Å². The lowest BCUT2D eigenvalue weighted by Crippen LogP contribution is -2.33. The maximum absolute atomic E-state index is 13.9. The van der Waals surface area contributed by atoms with Crippen molar-refractivity contribution in [2.75, 3.05) is 0 Å². The zero-order chi connectivity index (χ0) is 20.1. The van der Waals surface area contributed by atoms with Gasteiger partial charge >= 0.3 is 5.76 Å². The Balaban J connectivity index is 2.32. The molecular weight excluding hydrogens is 412 g/mol. The summed E-state index contributed by atoms with van der Waals surface area (Å²) in [5.74, 6) is -7.50. The van der Waals surface area contributed by atoms with Crippen molar-refractivity contribution in [2.24, 2.45) is 0 Å². The average molecular weight is 423 g/mol. The van der Waals surface area contributed by atoms with E-state index in [2.05, 4.69) is 4.85 Å². The molecule has 1 aromatic carbocycles. The fraction of sp³-hybridized carbons (Fsp3) is 0.312. The van der Waals surface area contributed by atoms with Crippen LogP contribution < -0.4 is 0 Å². The minimum Gasteiger partial charge on any atom is -0.382 e. The van der Waals surface area contributed by atoms with E-state index in [-0.39, 0.29) is 28.5 Å². The van der Waals surface area contributed by atoms with E-state index >= 15 is 0 Å². The van der Waals surface area contributed by atoms with Crippen LogP contribution in [0.4, 0.5) is 23.2 Å². The van der Waals surface area contributed by atoms with Gasteiger partial charge in [0.05, 0.1) is 11.5 Å². The molecule has 1 aliphatic carbocycles. The van der Waals surface area contributed by atoms with Crippen molar-refractivity contribution in [3.8, 4) is 5.69 Å². The summed E-state index contributed by atoms with van der Waals surface area (Å²) in [6.07, 6.45) is -2.91. The molecule has 3 rings (SSSR count). The van der Waals surface area contributed by atoms with Gasteiger partial charge in [0, 0.05) is 34.6 Å². The van der Waals surface area contributed by atoms with Crippen LogP contribution in [0.15, 0.2) is 29.3 Å². The third kappa shape index (κ3) is 3.09. The van der Waals surface area contributed by atoms with Crippen LogP contribution >= 0.6 is 11.6 Å². The van der Waals surface area contributed by atoms with Crippen molar-refractivity contribution in [3.63, 3.8) is 0 Å². The van der Waals surface area contributed by atoms with Crippen LogP contribution in [-0.2, 0) is 16.3 Å². The van der Waals surface area contributed by atoms with Crippen LogP contribution in [0.5, 0.6) is 0 Å². The molecule has 1 heterocycles. The van der Waals surface area contributed by atoms with Gasteiger partial charge in [-0.3, -0.25) is 0 Å². The van der Waals surface area contributed by atoms with E-state index in [0.29, 0.717) is 0 Å². The van der Waals surface area contributed by atoms with Gasteiger partial charge in [0.25, 0.3) is 5.92 Å². The van der Waals surface area contributed by atoms with Crippen molar-refractivity contribution in [2.45, 2.75) is 35.5 Å². The summed E-state index contributed by atoms with van der Waals surface area (Å²) in [5, 5.41) is 10.1. The molecule has 0 fully saturated rings. The topological polar surface area (TPSA) is 63.7 Å². The number of aliphatic hydroxyl groups excluding tert-OH is 1. The highest BCUT2D eigenvalue weighted by Crippen LogP contribution is 2.46. The SMILES string of the molecule is [C-]#[N+]c1cc(-n2cc(S(=O)(=O)C(F)F)c3c2CCC(F)(F)[C@H]3O)ccc1Cl. The smallest absolute Gasteiger partial charge is 0.341 e. The summed E-state index contributed by atoms with van der Waals surface area (Å²) in [6, 6.07) is 3.99. The number of aliphatic hydroxyl groups is 1. The number of nitrogens with zero attached hydrogens (tertiary/aromatic N) is 2. The van der Waals surface area contributed by atoms with E-state index in [1.54, 1.807) is 0 Å². The predicted octanol–water partition coefficient (Wildman–Crippen LogP) is 4.29. The first kappa shape index (κ1) is 19.7. The molecule has 0 spiro atoms. The fourth-order valence-electron chi connectivity index (χ4n) is 3.01. The average Bonchev–Trinajstić information content (AvgIpc) is 2.99. The normalized spacial score (nSPS) is 19.0. The molecule has 0 unspecified atom stereocenters. The van der Waals surface area contributed by atoms with Gasteiger partial charge in [-0.1, -0.05) is 17.7 Å². The Morgan fingerprint density at radius 3 is 2.63 bits per heavy atom. The van der Waals surface area contributed by atoms with Gasteiger partial charge in [-0.05, 0) is 18.6 Å². The molecule has 0 saturated carbocycles. The number of hydrogen-bond acceptors (Lipinski definition) is 3. The molecule has 2 aromatic rings. The first-order chi connectivity index (χ1) is 12.5. The zero-order valence-corrected chi connectivity index (χ0v) is 14.9. The molecule has 0 aliphatic heterocycles. The number of hydrogen-bond donors (Lipinski definition) is 1. The number of benzene rings is 1. The molecule has 0 saturated heterocycles. The van der Waals surface area contributed by atoms with Crippen molar-refractivity contribution in [1.29, 1.82) is 0 Å². The number of aromatic nitrogens is 1. The maximum atomic E-state index is 13.9. The molecule has 1 N–H and O–H groups in total. The summed E-state index contributed by atoms with van der Waals surface area (Å²) in [5.41, 5.74) is -0.594. The Bertz CT molecular complexity index is 1060. The molecule has 1 aromatic heterocycles. The lowest BCUT2D eigenvalue weighted by molar-refractivity contribution is -0.123. The van der Waals surface area contributed by atoms with Crippen LogP contribution in [0.3, 0.4) is 0 Å². The standard InChI is InChI=1S/C16H11ClF4N2O3S/c1-22-10-6-8(2-3-9(10)17)23-7-12(27(25,26)15(18)19)13-11(23)4-5-16(20,21)14(13)24/h2-3,6-7,14-15,24H,4-5H2/t14-/m0/s1. The van der Waals surface area contributed by atoms with Crippen molar-refractivity contribution >= 4 is 27.1 Å². The number of rotatable bonds is 3. The van der Waals surface area contributed by atoms with Crippen LogP contribution in [0.2, 0.25) is 5.02 Å². The molecule has 5 nitrogen and oxygen atoms in total. The third-order valence-electron chi connectivity index (χ3n) is 4.35. The predicted molar refractivity (Wildman–Crippen MR) is 88.5 cm³/mol. The van der Waals surface area contributed by atoms with Gasteiger partial charge in [0.2, 0.25) is 15.5 Å². The molecule has 1 aliphatic rings. The minimum atomic E-state index is -5.25. The molecule has 144 valence electrons. The fourth-order valence-corrected chi connectivity index (χ4v) is 4.15. The van der Waals surface area contributed by atoms with Crippen LogP contribution in [0.25, 0.3) is 10.5 Å². The number of alkyl halides is 4. The van der Waals surface area contributed by atoms with Crippen molar-refractivity contribution in [3.05, 3.63) is 52.1 Å². The molecule has 27 heavy (non-hydrogen) atoms. The molecule has 0 amide bonds. The summed E-state index contributed by atoms with van der Waals surface area (Å²) in [7, 11) is -5.25. The van der Waals surface area contributed by atoms with Crippen molar-refractivity contribution < 1.29 is 31.1 Å². The van der Waals surface area contributed by atoms with Crippen LogP contribution in [0, 0.1) is 6.57 Å². The number of sulfone groups is 1. The van der Waals surface area contributed by atoms with E-state index in [0.717, 1.165) is 10.8 Å². The van der Waals surface area contributed by atoms with E-state index in [4.69, 9.17) is 18.2 Å². The second-order valence-corrected chi connectivity index (χ2v) is 8.23. The summed E-state index contributed by atoms with van der Waals surface area (Å²) < 4.78 is 79.1. The quantitative estimate of drug-likeness (QED) is 0.592. The van der Waals surface area contributed by atoms with Crippen LogP contribution in [-0.4, -0.2) is 29.8 Å². The highest BCUT2D eigenvalue weighted by atomic mass is 35.5. The van der Waals surface area contributed by atoms with E-state index < -0.39 is 44.5 Å². The Kier molecular flexibility index (Phi) is 4.74. The Labute approximate surface area is 156 Å². The lowest BCUT2D eigenvalue weighted by Gasteiger charge is -2.29. The zero-order valence-electron chi connectivity index (χ0n) is 13.3. The van der Waals surface area contributed by atoms with Crippen LogP contribution in [0.1, 0.15) is 23.8 Å². The van der Waals surface area contributed by atoms with Gasteiger partial charge < -0.3 is 9.67 Å². The molecular formula is C16H11ClF4N2O3S. The number of fused-ring (bicyclic) bond motifs is 1. The Morgan fingerprint density at radius 2 is 2.04 bits per heavy atom. The van der Waals surface area contributed by atoms with Crippen molar-refractivity contribution in [1.82, 2.24) is 4.57 Å². The Morgan fingerprint density at radius 1 is 1.37 bits per heavy atom. The highest BCUT2D eigenvalue weighted by Gasteiger charge is 2.48. The highest BCUT2D eigenvalue weighted by molar-refractivity contribution is 7.91. The maximum Gasteiger partial charge on any atom is 0.341 e. The minimum absolute atomic E-state index is 0.0107. The van der Waals surface area contributed by atoms with Gasteiger partial charge in [-0.25, -0.2) is 22.0 Å². The van der Waals surface area contributed by atoms with Gasteiger partial charge in [0.1, 0.15) is 6.10 Å². The van der Waals surface area contributed by atoms with Gasteiger partial charge in [0.15, 0.2) is 0 Å². The molecule has 1 atom stereocenters. The first-order valence-electron chi connectivity index (χ1n) is 7.50.